The second kappa shape index (κ2) is 5.27. The van der Waals surface area contributed by atoms with Crippen molar-refractivity contribution < 1.29 is 9.84 Å². The summed E-state index contributed by atoms with van der Waals surface area (Å²) in [5, 5.41) is 14.6. The average molecular weight is 287 g/mol. The number of phenols is 1. The molecule has 100 valence electrons. The predicted molar refractivity (Wildman–Crippen MR) is 76.8 cm³/mol. The quantitative estimate of drug-likeness (QED) is 0.791. The van der Waals surface area contributed by atoms with Crippen LogP contribution in [-0.4, -0.2) is 14.9 Å². The van der Waals surface area contributed by atoms with Gasteiger partial charge in [0.1, 0.15) is 17.2 Å². The first-order chi connectivity index (χ1) is 9.72. The number of para-hydroxylation sites is 2. The van der Waals surface area contributed by atoms with Crippen molar-refractivity contribution in [3.63, 3.8) is 0 Å². The minimum Gasteiger partial charge on any atom is -0.506 e. The van der Waals surface area contributed by atoms with Crippen molar-refractivity contribution >= 4 is 11.6 Å². The fraction of sp³-hybridized carbons (Fsp3) is 0. The van der Waals surface area contributed by atoms with Crippen molar-refractivity contribution in [2.24, 2.45) is 0 Å². The van der Waals surface area contributed by atoms with Gasteiger partial charge in [-0.15, -0.1) is 0 Å². The molecule has 0 aliphatic heterocycles. The molecule has 0 radical (unpaired) electrons. The van der Waals surface area contributed by atoms with Crippen LogP contribution in [0.15, 0.2) is 60.9 Å². The number of rotatable bonds is 3. The normalized spacial score (nSPS) is 10.4. The van der Waals surface area contributed by atoms with Gasteiger partial charge in [-0.25, -0.2) is 4.68 Å². The molecule has 1 heterocycles. The number of hydrogen-bond acceptors (Lipinski definition) is 3. The minimum absolute atomic E-state index is 0.157. The SMILES string of the molecule is Oc1ccccc1-n1cc(Oc2cccc(Cl)c2)cn1. The minimum atomic E-state index is 0.157. The van der Waals surface area contributed by atoms with E-state index < -0.39 is 0 Å². The lowest BCUT2D eigenvalue weighted by Crippen LogP contribution is -1.93. The molecule has 3 rings (SSSR count). The van der Waals surface area contributed by atoms with Crippen molar-refractivity contribution in [2.45, 2.75) is 0 Å². The third-order valence-electron chi connectivity index (χ3n) is 2.72. The average Bonchev–Trinajstić information content (AvgIpc) is 2.87. The molecule has 1 aromatic heterocycles. The number of nitrogens with zero attached hydrogens (tertiary/aromatic N) is 2. The molecule has 1 N–H and O–H groups in total. The number of ether oxygens (including phenoxy) is 1. The Morgan fingerprint density at radius 3 is 2.70 bits per heavy atom. The lowest BCUT2D eigenvalue weighted by Gasteiger charge is -2.04. The maximum atomic E-state index is 9.78. The van der Waals surface area contributed by atoms with Crippen LogP contribution in [0.1, 0.15) is 0 Å². The Kier molecular flexibility index (Phi) is 3.31. The van der Waals surface area contributed by atoms with Gasteiger partial charge in [-0.2, -0.15) is 5.10 Å². The molecule has 0 amide bonds. The largest absolute Gasteiger partial charge is 0.506 e. The Balaban J connectivity index is 1.86. The summed E-state index contributed by atoms with van der Waals surface area (Å²) in [6, 6.07) is 14.1. The molecule has 0 aliphatic rings. The van der Waals surface area contributed by atoms with E-state index >= 15 is 0 Å². The Morgan fingerprint density at radius 2 is 1.90 bits per heavy atom. The van der Waals surface area contributed by atoms with Crippen molar-refractivity contribution in [1.29, 1.82) is 0 Å². The highest BCUT2D eigenvalue weighted by Crippen LogP contribution is 2.26. The van der Waals surface area contributed by atoms with Gasteiger partial charge < -0.3 is 9.84 Å². The summed E-state index contributed by atoms with van der Waals surface area (Å²) in [7, 11) is 0. The number of hydrogen-bond donors (Lipinski definition) is 1. The summed E-state index contributed by atoms with van der Waals surface area (Å²) in [6.45, 7) is 0. The summed E-state index contributed by atoms with van der Waals surface area (Å²) in [5.41, 5.74) is 0.591. The fourth-order valence-corrected chi connectivity index (χ4v) is 2.00. The number of aromatic hydroxyl groups is 1. The first-order valence-electron chi connectivity index (χ1n) is 5.99. The van der Waals surface area contributed by atoms with Crippen molar-refractivity contribution in [2.75, 3.05) is 0 Å². The monoisotopic (exact) mass is 286 g/mol. The van der Waals surface area contributed by atoms with Gasteiger partial charge in [0.2, 0.25) is 0 Å². The molecule has 0 fully saturated rings. The van der Waals surface area contributed by atoms with E-state index in [2.05, 4.69) is 5.10 Å². The van der Waals surface area contributed by atoms with E-state index in [-0.39, 0.29) is 5.75 Å². The number of halogens is 1. The summed E-state index contributed by atoms with van der Waals surface area (Å²) in [4.78, 5) is 0. The van der Waals surface area contributed by atoms with Crippen LogP contribution in [0, 0.1) is 0 Å². The van der Waals surface area contributed by atoms with Crippen LogP contribution in [0.25, 0.3) is 5.69 Å². The lowest BCUT2D eigenvalue weighted by atomic mass is 10.3. The van der Waals surface area contributed by atoms with Gasteiger partial charge in [-0.1, -0.05) is 29.8 Å². The molecule has 0 saturated heterocycles. The van der Waals surface area contributed by atoms with Gasteiger partial charge in [0.05, 0.1) is 12.4 Å². The summed E-state index contributed by atoms with van der Waals surface area (Å²) in [6.07, 6.45) is 3.27. The Labute approximate surface area is 120 Å². The molecule has 4 nitrogen and oxygen atoms in total. The van der Waals surface area contributed by atoms with Gasteiger partial charge >= 0.3 is 0 Å². The molecule has 0 spiro atoms. The zero-order valence-electron chi connectivity index (χ0n) is 10.4. The van der Waals surface area contributed by atoms with Crippen molar-refractivity contribution in [1.82, 2.24) is 9.78 Å². The molecule has 0 atom stereocenters. The molecule has 0 aliphatic carbocycles. The van der Waals surface area contributed by atoms with E-state index in [0.717, 1.165) is 0 Å². The maximum Gasteiger partial charge on any atom is 0.165 e. The molecule has 0 bridgehead atoms. The van der Waals surface area contributed by atoms with Gasteiger partial charge in [0.25, 0.3) is 0 Å². The molecular weight excluding hydrogens is 276 g/mol. The van der Waals surface area contributed by atoms with Crippen LogP contribution in [0.5, 0.6) is 17.2 Å². The van der Waals surface area contributed by atoms with Crippen LogP contribution < -0.4 is 4.74 Å². The van der Waals surface area contributed by atoms with E-state index in [9.17, 15) is 5.11 Å². The smallest absolute Gasteiger partial charge is 0.165 e. The second-order valence-corrected chi connectivity index (χ2v) is 4.61. The molecule has 0 saturated carbocycles. The van der Waals surface area contributed by atoms with E-state index in [1.54, 1.807) is 47.4 Å². The van der Waals surface area contributed by atoms with Crippen LogP contribution >= 0.6 is 11.6 Å². The summed E-state index contributed by atoms with van der Waals surface area (Å²) in [5.74, 6) is 1.36. The number of benzene rings is 2. The fourth-order valence-electron chi connectivity index (χ4n) is 1.82. The Morgan fingerprint density at radius 1 is 1.05 bits per heavy atom. The van der Waals surface area contributed by atoms with E-state index in [1.165, 1.54) is 0 Å². The highest BCUT2D eigenvalue weighted by Gasteiger charge is 2.06. The first-order valence-corrected chi connectivity index (χ1v) is 6.36. The van der Waals surface area contributed by atoms with E-state index in [0.29, 0.717) is 22.2 Å². The topological polar surface area (TPSA) is 47.3 Å². The zero-order valence-corrected chi connectivity index (χ0v) is 11.2. The van der Waals surface area contributed by atoms with E-state index in [4.69, 9.17) is 16.3 Å². The summed E-state index contributed by atoms with van der Waals surface area (Å²) >= 11 is 5.90. The lowest BCUT2D eigenvalue weighted by molar-refractivity contribution is 0.469. The third kappa shape index (κ3) is 2.60. The summed E-state index contributed by atoms with van der Waals surface area (Å²) < 4.78 is 7.20. The van der Waals surface area contributed by atoms with Crippen LogP contribution in [0.3, 0.4) is 0 Å². The van der Waals surface area contributed by atoms with Crippen molar-refractivity contribution in [3.05, 3.63) is 65.9 Å². The van der Waals surface area contributed by atoms with Gasteiger partial charge in [0, 0.05) is 5.02 Å². The van der Waals surface area contributed by atoms with Crippen molar-refractivity contribution in [3.8, 4) is 22.9 Å². The standard InChI is InChI=1S/C15H11ClN2O2/c16-11-4-3-5-12(8-11)20-13-9-17-18(10-13)14-6-1-2-7-15(14)19/h1-10,19H. The first kappa shape index (κ1) is 12.6. The highest BCUT2D eigenvalue weighted by molar-refractivity contribution is 6.30. The van der Waals surface area contributed by atoms with Crippen LogP contribution in [0.4, 0.5) is 0 Å². The molecule has 2 aromatic carbocycles. The van der Waals surface area contributed by atoms with Gasteiger partial charge in [-0.05, 0) is 30.3 Å². The molecule has 3 aromatic rings. The predicted octanol–water partition coefficient (Wildman–Crippen LogP) is 4.02. The van der Waals surface area contributed by atoms with Crippen LogP contribution in [0.2, 0.25) is 5.02 Å². The second-order valence-electron chi connectivity index (χ2n) is 4.17. The van der Waals surface area contributed by atoms with E-state index in [1.807, 2.05) is 18.2 Å². The Hall–Kier alpha value is -2.46. The molecule has 0 unspecified atom stereocenters. The molecule has 5 heteroatoms. The maximum absolute atomic E-state index is 9.78. The zero-order chi connectivity index (χ0) is 13.9. The van der Waals surface area contributed by atoms with Gasteiger partial charge in [-0.3, -0.25) is 0 Å². The van der Waals surface area contributed by atoms with Crippen LogP contribution in [-0.2, 0) is 0 Å². The third-order valence-corrected chi connectivity index (χ3v) is 2.95. The highest BCUT2D eigenvalue weighted by atomic mass is 35.5. The number of phenolic OH excluding ortho intramolecular Hbond substituents is 1. The Bertz CT molecular complexity index is 740. The number of aromatic nitrogens is 2. The molecular formula is C15H11ClN2O2. The van der Waals surface area contributed by atoms with Gasteiger partial charge in [0.15, 0.2) is 5.75 Å². The molecule has 20 heavy (non-hydrogen) atoms.